The smallest absolute Gasteiger partial charge is 0.445 e. The van der Waals surface area contributed by atoms with Crippen molar-refractivity contribution in [2.45, 2.75) is 0 Å². The Bertz CT molecular complexity index is 139. The Labute approximate surface area is 55.6 Å². The van der Waals surface area contributed by atoms with Crippen LogP contribution in [0.25, 0.3) is 0 Å². The summed E-state index contributed by atoms with van der Waals surface area (Å²) in [5.74, 6) is 0.681. The van der Waals surface area contributed by atoms with Crippen LogP contribution in [0.4, 0.5) is 12.9 Å². The first-order chi connectivity index (χ1) is 4.11. The zero-order valence-electron chi connectivity index (χ0n) is 4.61. The monoisotopic (exact) mass is 153 g/mol. The van der Waals surface area contributed by atoms with Crippen molar-refractivity contribution >= 4 is 18.7 Å². The first-order valence-electron chi connectivity index (χ1n) is 2.57. The molecule has 0 unspecified atom stereocenters. The number of rotatable bonds is 1. The molecule has 0 bridgehead atoms. The van der Waals surface area contributed by atoms with Gasteiger partial charge in [0.2, 0.25) is 0 Å². The van der Waals surface area contributed by atoms with E-state index < -0.39 is 6.98 Å². The van der Waals surface area contributed by atoms with Gasteiger partial charge in [0.25, 0.3) is 0 Å². The molecule has 1 rings (SSSR count). The number of halogens is 3. The van der Waals surface area contributed by atoms with Crippen molar-refractivity contribution in [3.05, 3.63) is 11.5 Å². The van der Waals surface area contributed by atoms with Gasteiger partial charge in [-0.2, -0.15) is 11.8 Å². The number of hydrogen-bond acceptors (Lipinski definition) is 1. The van der Waals surface area contributed by atoms with Crippen LogP contribution < -0.4 is 0 Å². The summed E-state index contributed by atoms with van der Waals surface area (Å²) in [5.41, 5.74) is -0.319. The largest absolute Gasteiger partial charge is 0.506 e. The fraction of sp³-hybridized carbons (Fsp3) is 0.500. The fourth-order valence-corrected chi connectivity index (χ4v) is 1.62. The first-order valence-corrected chi connectivity index (χ1v) is 3.73. The molecule has 0 fully saturated rings. The van der Waals surface area contributed by atoms with Gasteiger partial charge in [-0.1, -0.05) is 0 Å². The highest BCUT2D eigenvalue weighted by atomic mass is 32.2. The predicted octanol–water partition coefficient (Wildman–Crippen LogP) is 2.05. The van der Waals surface area contributed by atoms with E-state index in [2.05, 4.69) is 0 Å². The van der Waals surface area contributed by atoms with Crippen molar-refractivity contribution in [1.29, 1.82) is 0 Å². The lowest BCUT2D eigenvalue weighted by molar-refractivity contribution is 0.491. The van der Waals surface area contributed by atoms with Crippen LogP contribution in [0.15, 0.2) is 11.5 Å². The third-order valence-corrected chi connectivity index (χ3v) is 2.09. The summed E-state index contributed by atoms with van der Waals surface area (Å²) in [7, 11) is 0. The molecule has 0 nitrogen and oxygen atoms in total. The molecule has 0 amide bonds. The van der Waals surface area contributed by atoms with Crippen molar-refractivity contribution in [2.75, 3.05) is 11.5 Å². The van der Waals surface area contributed by atoms with Crippen LogP contribution in [0, 0.1) is 0 Å². The quantitative estimate of drug-likeness (QED) is 0.519. The Morgan fingerprint density at radius 2 is 2.11 bits per heavy atom. The molecule has 0 saturated heterocycles. The Morgan fingerprint density at radius 3 is 2.33 bits per heavy atom. The van der Waals surface area contributed by atoms with Gasteiger partial charge in [-0.15, -0.1) is 11.5 Å². The molecule has 0 aromatic carbocycles. The van der Waals surface area contributed by atoms with Crippen LogP contribution in [0.2, 0.25) is 0 Å². The Hall–Kier alpha value is -0.0551. The lowest BCUT2D eigenvalue weighted by Gasteiger charge is -2.14. The Kier molecular flexibility index (Phi) is 1.79. The molecule has 0 aromatic rings. The first kappa shape index (κ1) is 7.06. The summed E-state index contributed by atoms with van der Waals surface area (Å²) >= 11 is 1.31. The SMILES string of the molecule is F[B-](F)(F)C1=CCSC1. The fourth-order valence-electron chi connectivity index (χ4n) is 0.630. The van der Waals surface area contributed by atoms with Crippen LogP contribution >= 0.6 is 11.8 Å². The van der Waals surface area contributed by atoms with Crippen molar-refractivity contribution in [2.24, 2.45) is 0 Å². The maximum absolute atomic E-state index is 11.7. The van der Waals surface area contributed by atoms with E-state index in [4.69, 9.17) is 0 Å². The Balaban J connectivity index is 2.61. The molecular formula is C4H5BF3S-. The average molecular weight is 153 g/mol. The average Bonchev–Trinajstić information content (AvgIpc) is 2.08. The normalized spacial score (nSPS) is 20.1. The maximum Gasteiger partial charge on any atom is 0.506 e. The van der Waals surface area contributed by atoms with Crippen LogP contribution in [-0.4, -0.2) is 18.5 Å². The molecule has 9 heavy (non-hydrogen) atoms. The molecule has 5 heteroatoms. The molecule has 0 saturated carbocycles. The van der Waals surface area contributed by atoms with E-state index in [0.717, 1.165) is 0 Å². The molecule has 0 aliphatic carbocycles. The Morgan fingerprint density at radius 1 is 1.44 bits per heavy atom. The van der Waals surface area contributed by atoms with Gasteiger partial charge < -0.3 is 12.9 Å². The summed E-state index contributed by atoms with van der Waals surface area (Å²) in [4.78, 5) is 0. The van der Waals surface area contributed by atoms with E-state index in [1.807, 2.05) is 0 Å². The van der Waals surface area contributed by atoms with Gasteiger partial charge in [-0.25, -0.2) is 0 Å². The van der Waals surface area contributed by atoms with Gasteiger partial charge in [0.15, 0.2) is 0 Å². The number of hydrogen-bond donors (Lipinski definition) is 0. The van der Waals surface area contributed by atoms with Crippen LogP contribution in [0.1, 0.15) is 0 Å². The molecule has 1 aliphatic heterocycles. The molecule has 0 aromatic heterocycles. The lowest BCUT2D eigenvalue weighted by atomic mass is 9.80. The van der Waals surface area contributed by atoms with Gasteiger partial charge in [0.1, 0.15) is 0 Å². The third-order valence-electron chi connectivity index (χ3n) is 1.15. The molecule has 1 aliphatic rings. The molecule has 0 radical (unpaired) electrons. The summed E-state index contributed by atoms with van der Waals surface area (Å²) in [5, 5.41) is 0. The van der Waals surface area contributed by atoms with Gasteiger partial charge in [0.05, 0.1) is 0 Å². The van der Waals surface area contributed by atoms with E-state index in [1.165, 1.54) is 17.8 Å². The predicted molar refractivity (Wildman–Crippen MR) is 34.5 cm³/mol. The minimum Gasteiger partial charge on any atom is -0.445 e. The zero-order chi connectivity index (χ0) is 6.91. The van der Waals surface area contributed by atoms with Gasteiger partial charge in [-0.05, 0) is 5.75 Å². The van der Waals surface area contributed by atoms with Crippen LogP contribution in [0.3, 0.4) is 0 Å². The summed E-state index contributed by atoms with van der Waals surface area (Å²) in [6.07, 6.45) is 1.27. The lowest BCUT2D eigenvalue weighted by Crippen LogP contribution is -2.19. The summed E-state index contributed by atoms with van der Waals surface area (Å²) < 4.78 is 35.2. The van der Waals surface area contributed by atoms with Gasteiger partial charge in [0, 0.05) is 5.75 Å². The van der Waals surface area contributed by atoms with Crippen molar-refractivity contribution in [1.82, 2.24) is 0 Å². The van der Waals surface area contributed by atoms with E-state index in [1.54, 1.807) is 0 Å². The molecule has 0 spiro atoms. The van der Waals surface area contributed by atoms with Crippen molar-refractivity contribution in [3.8, 4) is 0 Å². The molecule has 52 valence electrons. The van der Waals surface area contributed by atoms with Gasteiger partial charge in [-0.3, -0.25) is 0 Å². The molecule has 0 N–H and O–H groups in total. The van der Waals surface area contributed by atoms with Crippen LogP contribution in [0.5, 0.6) is 0 Å². The second kappa shape index (κ2) is 2.29. The van der Waals surface area contributed by atoms with Crippen molar-refractivity contribution < 1.29 is 12.9 Å². The topological polar surface area (TPSA) is 0 Å². The second-order valence-electron chi connectivity index (χ2n) is 1.87. The van der Waals surface area contributed by atoms with Crippen LogP contribution in [-0.2, 0) is 0 Å². The molecule has 0 atom stereocenters. The highest BCUT2D eigenvalue weighted by Gasteiger charge is 2.29. The number of thioether (sulfide) groups is 1. The summed E-state index contributed by atoms with van der Waals surface area (Å²) in [6, 6.07) is 0. The minimum absolute atomic E-state index is 0.156. The second-order valence-corrected chi connectivity index (χ2v) is 2.90. The van der Waals surface area contributed by atoms with E-state index in [9.17, 15) is 12.9 Å². The van der Waals surface area contributed by atoms with E-state index in [-0.39, 0.29) is 11.2 Å². The van der Waals surface area contributed by atoms with E-state index in [0.29, 0.717) is 5.75 Å². The minimum atomic E-state index is -4.67. The molecular weight excluding hydrogens is 148 g/mol. The maximum atomic E-state index is 11.7. The third kappa shape index (κ3) is 1.68. The highest BCUT2D eigenvalue weighted by molar-refractivity contribution is 8.00. The molecule has 1 heterocycles. The zero-order valence-corrected chi connectivity index (χ0v) is 5.43. The standard InChI is InChI=1S/C4H5BF3S/c6-5(7,8)4-1-2-9-3-4/h1H,2-3H2/q-1. The van der Waals surface area contributed by atoms with E-state index >= 15 is 0 Å². The summed E-state index contributed by atoms with van der Waals surface area (Å²) in [6.45, 7) is -4.67. The highest BCUT2D eigenvalue weighted by Crippen LogP contribution is 2.28. The van der Waals surface area contributed by atoms with Crippen molar-refractivity contribution in [3.63, 3.8) is 0 Å². The van der Waals surface area contributed by atoms with Gasteiger partial charge >= 0.3 is 6.98 Å².